The summed E-state index contributed by atoms with van der Waals surface area (Å²) in [6.45, 7) is 0. The molecule has 3 N–H and O–H groups in total. The van der Waals surface area contributed by atoms with Gasteiger partial charge in [-0.1, -0.05) is 0 Å². The number of hydrogen-bond acceptors (Lipinski definition) is 4. The first kappa shape index (κ1) is 14.1. The van der Waals surface area contributed by atoms with E-state index in [1.807, 2.05) is 0 Å². The Morgan fingerprint density at radius 1 is 1.25 bits per heavy atom. The largest absolute Gasteiger partial charge is 0.398 e. The smallest absolute Gasteiger partial charge is 0.263 e. The highest BCUT2D eigenvalue weighted by Crippen LogP contribution is 2.21. The molecule has 8 heteroatoms. The number of pyridine rings is 1. The molecule has 0 radical (unpaired) electrons. The molecule has 1 aromatic carbocycles. The molecule has 0 aliphatic rings. The van der Waals surface area contributed by atoms with Crippen LogP contribution in [0.4, 0.5) is 15.8 Å². The van der Waals surface area contributed by atoms with Gasteiger partial charge in [-0.05, 0) is 24.3 Å². The number of aryl methyl sites for hydroxylation is 1. The number of sulfonamides is 1. The van der Waals surface area contributed by atoms with Crippen LogP contribution in [0.2, 0.25) is 0 Å². The van der Waals surface area contributed by atoms with Crippen LogP contribution in [0.15, 0.2) is 46.2 Å². The summed E-state index contributed by atoms with van der Waals surface area (Å²) < 4.78 is 40.7. The monoisotopic (exact) mass is 297 g/mol. The summed E-state index contributed by atoms with van der Waals surface area (Å²) in [4.78, 5) is 11.0. The van der Waals surface area contributed by atoms with Gasteiger partial charge in [-0.3, -0.25) is 9.52 Å². The summed E-state index contributed by atoms with van der Waals surface area (Å²) in [7, 11) is -2.45. The van der Waals surface area contributed by atoms with Gasteiger partial charge >= 0.3 is 0 Å². The topological polar surface area (TPSA) is 94.2 Å². The fraction of sp³-hybridized carbons (Fsp3) is 0.0833. The zero-order valence-electron chi connectivity index (χ0n) is 10.5. The molecule has 6 nitrogen and oxygen atoms in total. The lowest BCUT2D eigenvalue weighted by Gasteiger charge is -2.10. The lowest BCUT2D eigenvalue weighted by molar-refractivity contribution is 0.600. The average molecular weight is 297 g/mol. The van der Waals surface area contributed by atoms with E-state index in [-0.39, 0.29) is 21.8 Å². The van der Waals surface area contributed by atoms with Crippen molar-refractivity contribution in [2.75, 3.05) is 10.5 Å². The van der Waals surface area contributed by atoms with E-state index in [0.29, 0.717) is 0 Å². The molecule has 0 aliphatic heterocycles. The van der Waals surface area contributed by atoms with Crippen LogP contribution in [-0.2, 0) is 17.1 Å². The Hall–Kier alpha value is -2.35. The van der Waals surface area contributed by atoms with Gasteiger partial charge in [0.15, 0.2) is 0 Å². The molecule has 20 heavy (non-hydrogen) atoms. The van der Waals surface area contributed by atoms with Crippen molar-refractivity contribution >= 4 is 21.4 Å². The Morgan fingerprint density at radius 3 is 2.55 bits per heavy atom. The highest BCUT2D eigenvalue weighted by Gasteiger charge is 2.18. The summed E-state index contributed by atoms with van der Waals surface area (Å²) in [5.41, 5.74) is 5.24. The van der Waals surface area contributed by atoms with Gasteiger partial charge in [-0.2, -0.15) is 0 Å². The van der Waals surface area contributed by atoms with Gasteiger partial charge < -0.3 is 10.3 Å². The first-order chi connectivity index (χ1) is 9.29. The summed E-state index contributed by atoms with van der Waals surface area (Å²) in [6, 6.07) is 5.57. The molecule has 1 heterocycles. The van der Waals surface area contributed by atoms with Crippen LogP contribution in [0.25, 0.3) is 0 Å². The Balaban J connectivity index is 2.40. The van der Waals surface area contributed by atoms with E-state index in [4.69, 9.17) is 5.73 Å². The number of halogens is 1. The zero-order chi connectivity index (χ0) is 14.9. The number of anilines is 2. The highest BCUT2D eigenvalue weighted by atomic mass is 32.2. The van der Waals surface area contributed by atoms with E-state index in [1.165, 1.54) is 29.9 Å². The van der Waals surface area contributed by atoms with Crippen LogP contribution >= 0.6 is 0 Å². The summed E-state index contributed by atoms with van der Waals surface area (Å²) in [5, 5.41) is 0. The summed E-state index contributed by atoms with van der Waals surface area (Å²) in [5.74, 6) is -0.622. The van der Waals surface area contributed by atoms with Gasteiger partial charge in [0.25, 0.3) is 10.0 Å². The van der Waals surface area contributed by atoms with Crippen molar-refractivity contribution in [1.82, 2.24) is 4.57 Å². The zero-order valence-corrected chi connectivity index (χ0v) is 11.3. The van der Waals surface area contributed by atoms with Crippen LogP contribution in [-0.4, -0.2) is 13.0 Å². The standard InChI is InChI=1S/C12H12FN3O3S/c1-16-7-9(3-5-12(16)17)15-20(18,19)11-4-2-8(13)6-10(11)14/h2-7,15H,14H2,1H3. The minimum Gasteiger partial charge on any atom is -0.398 e. The maximum Gasteiger partial charge on any atom is 0.263 e. The second kappa shape index (κ2) is 4.97. The number of hydrogen-bond donors (Lipinski definition) is 2. The molecule has 106 valence electrons. The van der Waals surface area contributed by atoms with Crippen LogP contribution in [0.3, 0.4) is 0 Å². The lowest BCUT2D eigenvalue weighted by Crippen LogP contribution is -2.19. The first-order valence-electron chi connectivity index (χ1n) is 5.54. The predicted octanol–water partition coefficient (Wildman–Crippen LogP) is 0.907. The molecule has 0 bridgehead atoms. The predicted molar refractivity (Wildman–Crippen MR) is 73.3 cm³/mol. The quantitative estimate of drug-likeness (QED) is 0.823. The number of nitrogens with zero attached hydrogens (tertiary/aromatic N) is 1. The van der Waals surface area contributed by atoms with E-state index in [9.17, 15) is 17.6 Å². The number of nitrogens with two attached hydrogens (primary N) is 1. The molecule has 0 unspecified atom stereocenters. The van der Waals surface area contributed by atoms with E-state index in [2.05, 4.69) is 4.72 Å². The summed E-state index contributed by atoms with van der Waals surface area (Å²) >= 11 is 0. The van der Waals surface area contributed by atoms with Crippen molar-refractivity contribution in [2.45, 2.75) is 4.90 Å². The van der Waals surface area contributed by atoms with Gasteiger partial charge in [0.05, 0.1) is 11.4 Å². The fourth-order valence-corrected chi connectivity index (χ4v) is 2.79. The number of aromatic nitrogens is 1. The van der Waals surface area contributed by atoms with Crippen LogP contribution in [0.5, 0.6) is 0 Å². The highest BCUT2D eigenvalue weighted by molar-refractivity contribution is 7.92. The molecular formula is C12H12FN3O3S. The van der Waals surface area contributed by atoms with Gasteiger partial charge in [-0.25, -0.2) is 12.8 Å². The molecule has 0 aliphatic carbocycles. The van der Waals surface area contributed by atoms with Crippen LogP contribution < -0.4 is 16.0 Å². The number of benzene rings is 1. The van der Waals surface area contributed by atoms with Gasteiger partial charge in [-0.15, -0.1) is 0 Å². The van der Waals surface area contributed by atoms with Crippen LogP contribution in [0, 0.1) is 5.82 Å². The van der Waals surface area contributed by atoms with Crippen molar-refractivity contribution < 1.29 is 12.8 Å². The molecule has 0 amide bonds. The molecule has 0 spiro atoms. The Labute approximate surface area is 114 Å². The fourth-order valence-electron chi connectivity index (χ4n) is 1.63. The molecule has 2 rings (SSSR count). The van der Waals surface area contributed by atoms with Crippen molar-refractivity contribution in [3.05, 3.63) is 52.7 Å². The number of nitrogen functional groups attached to an aromatic ring is 1. The molecule has 0 fully saturated rings. The Kier molecular flexibility index (Phi) is 3.49. The second-order valence-corrected chi connectivity index (χ2v) is 5.81. The van der Waals surface area contributed by atoms with E-state index in [0.717, 1.165) is 18.2 Å². The molecule has 0 atom stereocenters. The van der Waals surface area contributed by atoms with E-state index >= 15 is 0 Å². The van der Waals surface area contributed by atoms with Crippen LogP contribution in [0.1, 0.15) is 0 Å². The molecule has 1 aromatic heterocycles. The minimum absolute atomic E-state index is 0.192. The number of rotatable bonds is 3. The maximum atomic E-state index is 12.9. The van der Waals surface area contributed by atoms with Crippen molar-refractivity contribution in [3.8, 4) is 0 Å². The maximum absolute atomic E-state index is 12.9. The molecule has 2 aromatic rings. The SMILES string of the molecule is Cn1cc(NS(=O)(=O)c2ccc(F)cc2N)ccc1=O. The van der Waals surface area contributed by atoms with Gasteiger partial charge in [0.1, 0.15) is 10.7 Å². The Bertz CT molecular complexity index is 815. The number of nitrogens with one attached hydrogen (secondary N) is 1. The third-order valence-electron chi connectivity index (χ3n) is 2.60. The second-order valence-electron chi connectivity index (χ2n) is 4.15. The third kappa shape index (κ3) is 2.80. The van der Waals surface area contributed by atoms with Crippen molar-refractivity contribution in [1.29, 1.82) is 0 Å². The van der Waals surface area contributed by atoms with Gasteiger partial charge in [0.2, 0.25) is 5.56 Å². The summed E-state index contributed by atoms with van der Waals surface area (Å²) in [6.07, 6.45) is 1.33. The van der Waals surface area contributed by atoms with Crippen molar-refractivity contribution in [3.63, 3.8) is 0 Å². The van der Waals surface area contributed by atoms with E-state index < -0.39 is 15.8 Å². The molecule has 0 saturated carbocycles. The van der Waals surface area contributed by atoms with Gasteiger partial charge in [0, 0.05) is 19.3 Å². The lowest BCUT2D eigenvalue weighted by atomic mass is 10.3. The van der Waals surface area contributed by atoms with E-state index in [1.54, 1.807) is 0 Å². The minimum atomic E-state index is -3.95. The van der Waals surface area contributed by atoms with Crippen molar-refractivity contribution in [2.24, 2.45) is 7.05 Å². The average Bonchev–Trinajstić information content (AvgIpc) is 2.33. The third-order valence-corrected chi connectivity index (χ3v) is 4.05. The molecule has 0 saturated heterocycles. The Morgan fingerprint density at radius 2 is 1.95 bits per heavy atom. The normalized spacial score (nSPS) is 11.3. The molecular weight excluding hydrogens is 285 g/mol. The first-order valence-corrected chi connectivity index (χ1v) is 7.02.